The molecule has 0 unspecified atom stereocenters. The molecule has 7 nitrogen and oxygen atoms in total. The molecule has 1 aromatic heterocycles. The Balaban J connectivity index is 2.69. The van der Waals surface area contributed by atoms with E-state index in [9.17, 15) is 0 Å². The molecule has 7 heteroatoms. The van der Waals surface area contributed by atoms with Gasteiger partial charge in [0.1, 0.15) is 0 Å². The number of hydrogen-bond acceptors (Lipinski definition) is 4. The van der Waals surface area contributed by atoms with E-state index in [1.165, 1.54) is 0 Å². The highest BCUT2D eigenvalue weighted by molar-refractivity contribution is 4.79. The van der Waals surface area contributed by atoms with E-state index in [1.54, 1.807) is 4.68 Å². The SMILES string of the molecule is CCCn1nnnc1CN=[N+]=[N-]. The molecule has 0 aromatic carbocycles. The average Bonchev–Trinajstić information content (AvgIpc) is 2.50. The second-order valence-corrected chi connectivity index (χ2v) is 2.21. The molecule has 0 bridgehead atoms. The summed E-state index contributed by atoms with van der Waals surface area (Å²) in [5.41, 5.74) is 8.07. The second-order valence-electron chi connectivity index (χ2n) is 2.21. The maximum Gasteiger partial charge on any atom is 0.157 e. The summed E-state index contributed by atoms with van der Waals surface area (Å²) in [5.74, 6) is 0.606. The molecule has 1 heterocycles. The van der Waals surface area contributed by atoms with Crippen molar-refractivity contribution in [3.63, 3.8) is 0 Å². The van der Waals surface area contributed by atoms with Gasteiger partial charge in [0.05, 0.1) is 6.54 Å². The molecule has 1 aromatic rings. The minimum atomic E-state index is 0.212. The van der Waals surface area contributed by atoms with Crippen LogP contribution in [0.15, 0.2) is 5.11 Å². The molecule has 0 saturated carbocycles. The van der Waals surface area contributed by atoms with Crippen molar-refractivity contribution in [3.8, 4) is 0 Å². The summed E-state index contributed by atoms with van der Waals surface area (Å²) in [4.78, 5) is 2.63. The van der Waals surface area contributed by atoms with Gasteiger partial charge in [-0.25, -0.2) is 4.68 Å². The summed E-state index contributed by atoms with van der Waals surface area (Å²) < 4.78 is 1.63. The Labute approximate surface area is 69.0 Å². The molecule has 12 heavy (non-hydrogen) atoms. The van der Waals surface area contributed by atoms with Crippen molar-refractivity contribution in [3.05, 3.63) is 16.3 Å². The minimum absolute atomic E-state index is 0.212. The number of hydrogen-bond donors (Lipinski definition) is 0. The first kappa shape index (κ1) is 8.48. The number of tetrazole rings is 1. The predicted molar refractivity (Wildman–Crippen MR) is 41.0 cm³/mol. The van der Waals surface area contributed by atoms with Crippen LogP contribution in [-0.4, -0.2) is 20.2 Å². The van der Waals surface area contributed by atoms with E-state index in [2.05, 4.69) is 25.6 Å². The quantitative estimate of drug-likeness (QED) is 0.378. The molecule has 0 aliphatic rings. The fourth-order valence-electron chi connectivity index (χ4n) is 0.817. The van der Waals surface area contributed by atoms with Crippen LogP contribution in [-0.2, 0) is 13.1 Å². The fraction of sp³-hybridized carbons (Fsp3) is 0.800. The van der Waals surface area contributed by atoms with Gasteiger partial charge in [-0.2, -0.15) is 0 Å². The van der Waals surface area contributed by atoms with E-state index in [1.807, 2.05) is 6.92 Å². The Morgan fingerprint density at radius 1 is 1.67 bits per heavy atom. The molecular formula is C5H9N7. The lowest BCUT2D eigenvalue weighted by Gasteiger charge is -1.97. The van der Waals surface area contributed by atoms with Gasteiger partial charge in [0.15, 0.2) is 5.82 Å². The van der Waals surface area contributed by atoms with E-state index in [-0.39, 0.29) is 6.54 Å². The molecule has 0 atom stereocenters. The van der Waals surface area contributed by atoms with Crippen LogP contribution in [0.2, 0.25) is 0 Å². The van der Waals surface area contributed by atoms with Crippen molar-refractivity contribution in [2.24, 2.45) is 5.11 Å². The van der Waals surface area contributed by atoms with Crippen molar-refractivity contribution in [2.75, 3.05) is 0 Å². The maximum absolute atomic E-state index is 8.07. The van der Waals surface area contributed by atoms with Gasteiger partial charge in [-0.05, 0) is 22.4 Å². The minimum Gasteiger partial charge on any atom is -0.230 e. The Morgan fingerprint density at radius 3 is 3.17 bits per heavy atom. The number of rotatable bonds is 4. The number of aryl methyl sites for hydroxylation is 1. The number of nitrogens with zero attached hydrogens (tertiary/aromatic N) is 7. The lowest BCUT2D eigenvalue weighted by Crippen LogP contribution is -2.04. The normalized spacial score (nSPS) is 9.42. The van der Waals surface area contributed by atoms with Gasteiger partial charge in [-0.15, -0.1) is 5.10 Å². The van der Waals surface area contributed by atoms with Gasteiger partial charge in [0.25, 0.3) is 0 Å². The lowest BCUT2D eigenvalue weighted by atomic mass is 10.5. The summed E-state index contributed by atoms with van der Waals surface area (Å²) in [6, 6.07) is 0. The molecule has 0 aliphatic heterocycles. The van der Waals surface area contributed by atoms with Gasteiger partial charge in [0, 0.05) is 11.5 Å². The first-order chi connectivity index (χ1) is 5.88. The van der Waals surface area contributed by atoms with Crippen molar-refractivity contribution < 1.29 is 0 Å². The summed E-state index contributed by atoms with van der Waals surface area (Å²) in [6.07, 6.45) is 0.953. The zero-order chi connectivity index (χ0) is 8.81. The molecule has 0 amide bonds. The van der Waals surface area contributed by atoms with Gasteiger partial charge in [-0.1, -0.05) is 12.0 Å². The van der Waals surface area contributed by atoms with E-state index in [0.29, 0.717) is 5.82 Å². The topological polar surface area (TPSA) is 92.4 Å². The number of azide groups is 1. The van der Waals surface area contributed by atoms with Crippen LogP contribution in [0.5, 0.6) is 0 Å². The largest absolute Gasteiger partial charge is 0.230 e. The molecule has 0 radical (unpaired) electrons. The first-order valence-corrected chi connectivity index (χ1v) is 3.64. The van der Waals surface area contributed by atoms with E-state index >= 15 is 0 Å². The Morgan fingerprint density at radius 2 is 2.50 bits per heavy atom. The van der Waals surface area contributed by atoms with Crippen LogP contribution < -0.4 is 0 Å². The van der Waals surface area contributed by atoms with Gasteiger partial charge < -0.3 is 0 Å². The van der Waals surface area contributed by atoms with Crippen LogP contribution >= 0.6 is 0 Å². The second kappa shape index (κ2) is 4.30. The van der Waals surface area contributed by atoms with Crippen LogP contribution in [0.1, 0.15) is 19.2 Å². The van der Waals surface area contributed by atoms with Gasteiger partial charge in [0.2, 0.25) is 0 Å². The average molecular weight is 167 g/mol. The van der Waals surface area contributed by atoms with Crippen molar-refractivity contribution >= 4 is 0 Å². The first-order valence-electron chi connectivity index (χ1n) is 3.64. The third-order valence-electron chi connectivity index (χ3n) is 1.32. The molecular weight excluding hydrogens is 158 g/mol. The predicted octanol–water partition coefficient (Wildman–Crippen LogP) is 0.893. The zero-order valence-electron chi connectivity index (χ0n) is 6.75. The molecule has 64 valence electrons. The molecule has 1 rings (SSSR count). The monoisotopic (exact) mass is 167 g/mol. The summed E-state index contributed by atoms with van der Waals surface area (Å²) in [6.45, 7) is 2.99. The highest BCUT2D eigenvalue weighted by atomic mass is 15.5. The smallest absolute Gasteiger partial charge is 0.157 e. The third-order valence-corrected chi connectivity index (χ3v) is 1.32. The van der Waals surface area contributed by atoms with Gasteiger partial charge >= 0.3 is 0 Å². The molecule has 0 saturated heterocycles. The van der Waals surface area contributed by atoms with Crippen LogP contribution in [0.3, 0.4) is 0 Å². The Kier molecular flexibility index (Phi) is 3.04. The number of aromatic nitrogens is 4. The molecule has 0 N–H and O–H groups in total. The van der Waals surface area contributed by atoms with E-state index in [0.717, 1.165) is 13.0 Å². The van der Waals surface area contributed by atoms with Crippen LogP contribution in [0.4, 0.5) is 0 Å². The fourth-order valence-corrected chi connectivity index (χ4v) is 0.817. The summed E-state index contributed by atoms with van der Waals surface area (Å²) in [7, 11) is 0. The molecule has 0 aliphatic carbocycles. The Bertz CT molecular complexity index is 284. The van der Waals surface area contributed by atoms with Crippen molar-refractivity contribution in [2.45, 2.75) is 26.4 Å². The van der Waals surface area contributed by atoms with Crippen molar-refractivity contribution in [1.82, 2.24) is 20.2 Å². The van der Waals surface area contributed by atoms with Crippen LogP contribution in [0, 0.1) is 0 Å². The highest BCUT2D eigenvalue weighted by Crippen LogP contribution is 1.95. The third kappa shape index (κ3) is 1.93. The Hall–Kier alpha value is -1.62. The maximum atomic E-state index is 8.07. The highest BCUT2D eigenvalue weighted by Gasteiger charge is 2.01. The van der Waals surface area contributed by atoms with E-state index in [4.69, 9.17) is 5.53 Å². The van der Waals surface area contributed by atoms with Gasteiger partial charge in [-0.3, -0.25) is 0 Å². The molecule has 0 fully saturated rings. The summed E-state index contributed by atoms with van der Waals surface area (Å²) >= 11 is 0. The van der Waals surface area contributed by atoms with Crippen LogP contribution in [0.25, 0.3) is 10.4 Å². The summed E-state index contributed by atoms with van der Waals surface area (Å²) in [5, 5.41) is 14.3. The molecule has 0 spiro atoms. The lowest BCUT2D eigenvalue weighted by molar-refractivity contribution is 0.555. The van der Waals surface area contributed by atoms with E-state index < -0.39 is 0 Å². The van der Waals surface area contributed by atoms with Crippen molar-refractivity contribution in [1.29, 1.82) is 0 Å². The zero-order valence-corrected chi connectivity index (χ0v) is 6.75. The standard InChI is InChI=1S/C5H9N7/c1-2-3-12-5(4-7-9-6)8-10-11-12/h2-4H2,1H3.